The van der Waals surface area contributed by atoms with Gasteiger partial charge in [0.15, 0.2) is 0 Å². The molecule has 0 unspecified atom stereocenters. The van der Waals surface area contributed by atoms with Crippen molar-refractivity contribution in [1.82, 2.24) is 4.90 Å². The number of fused-ring (bicyclic) bond motifs is 1. The van der Waals surface area contributed by atoms with Gasteiger partial charge in [0.2, 0.25) is 5.91 Å². The molecule has 0 aliphatic carbocycles. The summed E-state index contributed by atoms with van der Waals surface area (Å²) in [6.07, 6.45) is 1.59. The van der Waals surface area contributed by atoms with Gasteiger partial charge >= 0.3 is 5.97 Å². The van der Waals surface area contributed by atoms with Gasteiger partial charge in [-0.2, -0.15) is 0 Å². The molecule has 1 amide bonds. The molecule has 20 heavy (non-hydrogen) atoms. The Morgan fingerprint density at radius 3 is 2.60 bits per heavy atom. The topological polar surface area (TPSA) is 57.6 Å². The van der Waals surface area contributed by atoms with E-state index in [0.29, 0.717) is 13.1 Å². The second kappa shape index (κ2) is 5.27. The van der Waals surface area contributed by atoms with Crippen LogP contribution >= 0.6 is 0 Å². The lowest BCUT2D eigenvalue weighted by molar-refractivity contribution is -0.141. The van der Waals surface area contributed by atoms with E-state index in [2.05, 4.69) is 0 Å². The van der Waals surface area contributed by atoms with Gasteiger partial charge in [-0.05, 0) is 36.1 Å². The summed E-state index contributed by atoms with van der Waals surface area (Å²) in [7, 11) is 0. The van der Waals surface area contributed by atoms with Crippen LogP contribution in [0.15, 0.2) is 18.2 Å². The Kier molecular flexibility index (Phi) is 3.84. The Labute approximate surface area is 119 Å². The maximum Gasteiger partial charge on any atom is 0.335 e. The normalized spacial score (nSPS) is 14.8. The standard InChI is InChI=1S/C16H21NO3/c1-4-16(2,3)15(20)17-8-7-11-5-6-12(14(18)19)9-13(11)10-17/h5-6,9H,4,7-8,10H2,1-3H3,(H,18,19). The molecule has 4 heteroatoms. The van der Waals surface area contributed by atoms with Crippen LogP contribution in [0, 0.1) is 5.41 Å². The van der Waals surface area contributed by atoms with E-state index in [1.54, 1.807) is 12.1 Å². The van der Waals surface area contributed by atoms with Gasteiger partial charge in [-0.25, -0.2) is 4.79 Å². The van der Waals surface area contributed by atoms with Crippen LogP contribution in [0.3, 0.4) is 0 Å². The third-order valence-electron chi connectivity index (χ3n) is 4.22. The molecule has 1 aliphatic rings. The fraction of sp³-hybridized carbons (Fsp3) is 0.500. The number of aromatic carboxylic acids is 1. The fourth-order valence-corrected chi connectivity index (χ4v) is 2.44. The van der Waals surface area contributed by atoms with Gasteiger partial charge in [-0.3, -0.25) is 4.79 Å². The molecule has 1 aromatic carbocycles. The van der Waals surface area contributed by atoms with Gasteiger partial charge in [0, 0.05) is 18.5 Å². The monoisotopic (exact) mass is 275 g/mol. The minimum absolute atomic E-state index is 0.145. The first kappa shape index (κ1) is 14.6. The number of benzene rings is 1. The Morgan fingerprint density at radius 1 is 1.30 bits per heavy atom. The summed E-state index contributed by atoms with van der Waals surface area (Å²) in [5.74, 6) is -0.781. The molecule has 0 atom stereocenters. The molecule has 0 bridgehead atoms. The van der Waals surface area contributed by atoms with Crippen molar-refractivity contribution in [1.29, 1.82) is 0 Å². The van der Waals surface area contributed by atoms with Gasteiger partial charge in [-0.15, -0.1) is 0 Å². The molecule has 108 valence electrons. The SMILES string of the molecule is CCC(C)(C)C(=O)N1CCc2ccc(C(=O)O)cc2C1. The lowest BCUT2D eigenvalue weighted by Gasteiger charge is -2.35. The second-order valence-electron chi connectivity index (χ2n) is 6.00. The van der Waals surface area contributed by atoms with Crippen LogP contribution in [-0.4, -0.2) is 28.4 Å². The average Bonchev–Trinajstić information content (AvgIpc) is 2.45. The Balaban J connectivity index is 2.24. The molecule has 0 aromatic heterocycles. The highest BCUT2D eigenvalue weighted by atomic mass is 16.4. The van der Waals surface area contributed by atoms with Crippen molar-refractivity contribution in [2.24, 2.45) is 5.41 Å². The van der Waals surface area contributed by atoms with Gasteiger partial charge in [0.25, 0.3) is 0 Å². The van der Waals surface area contributed by atoms with Crippen molar-refractivity contribution in [3.63, 3.8) is 0 Å². The van der Waals surface area contributed by atoms with Crippen LogP contribution in [-0.2, 0) is 17.8 Å². The molecular weight excluding hydrogens is 254 g/mol. The highest BCUT2D eigenvalue weighted by molar-refractivity contribution is 5.88. The molecule has 1 aromatic rings. The summed E-state index contributed by atoms with van der Waals surface area (Å²) in [5, 5.41) is 9.05. The van der Waals surface area contributed by atoms with E-state index in [1.165, 1.54) is 0 Å². The zero-order chi connectivity index (χ0) is 14.9. The summed E-state index contributed by atoms with van der Waals surface area (Å²) in [4.78, 5) is 25.4. The van der Waals surface area contributed by atoms with E-state index in [9.17, 15) is 9.59 Å². The smallest absolute Gasteiger partial charge is 0.335 e. The maximum absolute atomic E-state index is 12.5. The maximum atomic E-state index is 12.5. The number of carboxylic acid groups (broad SMARTS) is 1. The van der Waals surface area contributed by atoms with E-state index in [0.717, 1.165) is 24.0 Å². The third-order valence-corrected chi connectivity index (χ3v) is 4.22. The Morgan fingerprint density at radius 2 is 2.00 bits per heavy atom. The summed E-state index contributed by atoms with van der Waals surface area (Å²) in [5.41, 5.74) is 2.03. The van der Waals surface area contributed by atoms with E-state index in [4.69, 9.17) is 5.11 Å². The second-order valence-corrected chi connectivity index (χ2v) is 6.00. The predicted molar refractivity (Wildman–Crippen MR) is 76.6 cm³/mol. The molecule has 1 N–H and O–H groups in total. The Bertz CT molecular complexity index is 549. The molecule has 1 heterocycles. The van der Waals surface area contributed by atoms with Crippen LogP contribution in [0.1, 0.15) is 48.7 Å². The van der Waals surface area contributed by atoms with Crippen molar-refractivity contribution in [2.75, 3.05) is 6.54 Å². The first-order valence-electron chi connectivity index (χ1n) is 6.99. The quantitative estimate of drug-likeness (QED) is 0.922. The molecule has 1 aliphatic heterocycles. The number of nitrogens with zero attached hydrogens (tertiary/aromatic N) is 1. The molecular formula is C16H21NO3. The van der Waals surface area contributed by atoms with Crippen LogP contribution in [0.5, 0.6) is 0 Å². The number of carbonyl (C=O) groups excluding carboxylic acids is 1. The molecule has 4 nitrogen and oxygen atoms in total. The van der Waals surface area contributed by atoms with E-state index >= 15 is 0 Å². The fourth-order valence-electron chi connectivity index (χ4n) is 2.44. The highest BCUT2D eigenvalue weighted by Gasteiger charge is 2.32. The summed E-state index contributed by atoms with van der Waals surface area (Å²) in [6.45, 7) is 7.15. The van der Waals surface area contributed by atoms with Crippen molar-refractivity contribution in [2.45, 2.75) is 40.2 Å². The first-order valence-corrected chi connectivity index (χ1v) is 6.99. The zero-order valence-corrected chi connectivity index (χ0v) is 12.3. The minimum atomic E-state index is -0.926. The summed E-state index contributed by atoms with van der Waals surface area (Å²) in [6, 6.07) is 5.19. The highest BCUT2D eigenvalue weighted by Crippen LogP contribution is 2.27. The van der Waals surface area contributed by atoms with Gasteiger partial charge in [0.05, 0.1) is 5.56 Å². The van der Waals surface area contributed by atoms with Crippen molar-refractivity contribution < 1.29 is 14.7 Å². The molecule has 0 fully saturated rings. The van der Waals surface area contributed by atoms with E-state index in [1.807, 2.05) is 31.7 Å². The lowest BCUT2D eigenvalue weighted by atomic mass is 9.87. The van der Waals surface area contributed by atoms with Gasteiger partial charge in [-0.1, -0.05) is 26.8 Å². The van der Waals surface area contributed by atoms with Gasteiger partial charge < -0.3 is 10.0 Å². The van der Waals surface area contributed by atoms with E-state index in [-0.39, 0.29) is 16.9 Å². The molecule has 0 saturated heterocycles. The number of carboxylic acids is 1. The van der Waals surface area contributed by atoms with Crippen LogP contribution in [0.25, 0.3) is 0 Å². The number of hydrogen-bond acceptors (Lipinski definition) is 2. The van der Waals surface area contributed by atoms with Crippen molar-refractivity contribution in [3.8, 4) is 0 Å². The molecule has 0 spiro atoms. The minimum Gasteiger partial charge on any atom is -0.478 e. The largest absolute Gasteiger partial charge is 0.478 e. The number of hydrogen-bond donors (Lipinski definition) is 1. The first-order chi connectivity index (χ1) is 9.35. The molecule has 0 radical (unpaired) electrons. The molecule has 2 rings (SSSR count). The zero-order valence-electron chi connectivity index (χ0n) is 12.3. The molecule has 0 saturated carbocycles. The predicted octanol–water partition coefficient (Wildman–Crippen LogP) is 2.71. The summed E-state index contributed by atoms with van der Waals surface area (Å²) >= 11 is 0. The number of amides is 1. The van der Waals surface area contributed by atoms with Gasteiger partial charge in [0.1, 0.15) is 0 Å². The number of carbonyl (C=O) groups is 2. The van der Waals surface area contributed by atoms with Crippen LogP contribution in [0.2, 0.25) is 0 Å². The average molecular weight is 275 g/mol. The lowest BCUT2D eigenvalue weighted by Crippen LogP contribution is -2.43. The Hall–Kier alpha value is -1.84. The number of rotatable bonds is 3. The van der Waals surface area contributed by atoms with Crippen LogP contribution < -0.4 is 0 Å². The third kappa shape index (κ3) is 2.69. The van der Waals surface area contributed by atoms with Crippen LogP contribution in [0.4, 0.5) is 0 Å². The van der Waals surface area contributed by atoms with Crippen molar-refractivity contribution >= 4 is 11.9 Å². The summed E-state index contributed by atoms with van der Waals surface area (Å²) < 4.78 is 0. The van der Waals surface area contributed by atoms with Crippen molar-refractivity contribution in [3.05, 3.63) is 34.9 Å². The van der Waals surface area contributed by atoms with E-state index < -0.39 is 5.97 Å².